The van der Waals surface area contributed by atoms with Gasteiger partial charge in [0.25, 0.3) is 0 Å². The maximum absolute atomic E-state index is 12.3. The molecule has 1 aliphatic rings. The average Bonchev–Trinajstić information content (AvgIpc) is 2.44. The molecule has 1 aliphatic heterocycles. The first kappa shape index (κ1) is 18.7. The zero-order chi connectivity index (χ0) is 16.9. The molecule has 22 heavy (non-hydrogen) atoms. The minimum Gasteiger partial charge on any atom is -0.469 e. The minimum absolute atomic E-state index is 0.123. The zero-order valence-electron chi connectivity index (χ0n) is 13.2. The fraction of sp³-hybridized carbons (Fsp3) is 0.857. The SMILES string of the molecule is COC(=O)C(C)CN(C)C(=O)C1CCN(CC(F)(F)F)CC1. The summed E-state index contributed by atoms with van der Waals surface area (Å²) in [6.45, 7) is 1.51. The number of hydrogen-bond donors (Lipinski definition) is 0. The number of amides is 1. The van der Waals surface area contributed by atoms with Crippen LogP contribution in [-0.2, 0) is 14.3 Å². The van der Waals surface area contributed by atoms with Crippen molar-refractivity contribution in [2.24, 2.45) is 11.8 Å². The molecule has 0 radical (unpaired) electrons. The van der Waals surface area contributed by atoms with Gasteiger partial charge in [-0.2, -0.15) is 13.2 Å². The minimum atomic E-state index is -4.20. The summed E-state index contributed by atoms with van der Waals surface area (Å²) in [6, 6.07) is 0. The number of nitrogens with zero attached hydrogens (tertiary/aromatic N) is 2. The van der Waals surface area contributed by atoms with Gasteiger partial charge in [-0.25, -0.2) is 0 Å². The van der Waals surface area contributed by atoms with Crippen LogP contribution in [0.25, 0.3) is 0 Å². The first-order chi connectivity index (χ1) is 10.1. The summed E-state index contributed by atoms with van der Waals surface area (Å²) in [5, 5.41) is 0. The van der Waals surface area contributed by atoms with E-state index < -0.39 is 18.6 Å². The fourth-order valence-corrected chi connectivity index (χ4v) is 2.68. The molecule has 8 heteroatoms. The highest BCUT2D eigenvalue weighted by atomic mass is 19.4. The Hall–Kier alpha value is -1.31. The van der Waals surface area contributed by atoms with Crippen LogP contribution in [0.3, 0.4) is 0 Å². The molecule has 1 heterocycles. The van der Waals surface area contributed by atoms with Crippen molar-refractivity contribution in [2.45, 2.75) is 25.9 Å². The van der Waals surface area contributed by atoms with Gasteiger partial charge in [-0.05, 0) is 25.9 Å². The number of halogens is 3. The number of rotatable bonds is 5. The summed E-state index contributed by atoms with van der Waals surface area (Å²) < 4.78 is 41.6. The third kappa shape index (κ3) is 5.82. The van der Waals surface area contributed by atoms with Crippen molar-refractivity contribution in [3.8, 4) is 0 Å². The van der Waals surface area contributed by atoms with E-state index in [0.29, 0.717) is 12.8 Å². The quantitative estimate of drug-likeness (QED) is 0.720. The molecular weight excluding hydrogens is 301 g/mol. The monoisotopic (exact) mass is 324 g/mol. The lowest BCUT2D eigenvalue weighted by atomic mass is 9.95. The Balaban J connectivity index is 2.43. The largest absolute Gasteiger partial charge is 0.469 e. The van der Waals surface area contributed by atoms with Crippen LogP contribution in [0.15, 0.2) is 0 Å². The van der Waals surface area contributed by atoms with Crippen molar-refractivity contribution < 1.29 is 27.5 Å². The van der Waals surface area contributed by atoms with Gasteiger partial charge < -0.3 is 9.64 Å². The number of esters is 1. The molecule has 0 saturated carbocycles. The Kier molecular flexibility index (Phi) is 6.65. The Labute approximate surface area is 128 Å². The second kappa shape index (κ2) is 7.80. The van der Waals surface area contributed by atoms with Crippen LogP contribution in [0.2, 0.25) is 0 Å². The van der Waals surface area contributed by atoms with Gasteiger partial charge in [0, 0.05) is 19.5 Å². The van der Waals surface area contributed by atoms with Crippen LogP contribution in [0.5, 0.6) is 0 Å². The molecule has 1 unspecified atom stereocenters. The number of ether oxygens (including phenoxy) is 1. The zero-order valence-corrected chi connectivity index (χ0v) is 13.2. The molecule has 1 saturated heterocycles. The molecule has 1 amide bonds. The predicted octanol–water partition coefficient (Wildman–Crippen LogP) is 1.53. The fourth-order valence-electron chi connectivity index (χ4n) is 2.68. The molecule has 0 aromatic heterocycles. The topological polar surface area (TPSA) is 49.9 Å². The Morgan fingerprint density at radius 2 is 1.86 bits per heavy atom. The number of hydrogen-bond acceptors (Lipinski definition) is 4. The molecule has 1 fully saturated rings. The van der Waals surface area contributed by atoms with Crippen molar-refractivity contribution in [1.29, 1.82) is 0 Å². The van der Waals surface area contributed by atoms with E-state index in [9.17, 15) is 22.8 Å². The normalized spacial score (nSPS) is 18.8. The van der Waals surface area contributed by atoms with Crippen LogP contribution in [0, 0.1) is 11.8 Å². The third-order valence-corrected chi connectivity index (χ3v) is 3.87. The van der Waals surface area contributed by atoms with E-state index in [1.54, 1.807) is 14.0 Å². The molecule has 5 nitrogen and oxygen atoms in total. The Bertz CT molecular complexity index is 393. The standard InChI is InChI=1S/C14H23F3N2O3/c1-10(13(21)22-3)8-18(2)12(20)11-4-6-19(7-5-11)9-14(15,16)17/h10-11H,4-9H2,1-3H3. The van der Waals surface area contributed by atoms with E-state index in [1.807, 2.05) is 0 Å². The molecule has 0 aliphatic carbocycles. The summed E-state index contributed by atoms with van der Waals surface area (Å²) in [5.41, 5.74) is 0. The van der Waals surface area contributed by atoms with E-state index in [-0.39, 0.29) is 37.4 Å². The van der Waals surface area contributed by atoms with E-state index in [0.717, 1.165) is 0 Å². The molecule has 0 bridgehead atoms. The first-order valence-electron chi connectivity index (χ1n) is 7.26. The summed E-state index contributed by atoms with van der Waals surface area (Å²) in [6.07, 6.45) is -3.39. The molecular formula is C14H23F3N2O3. The molecule has 0 aromatic rings. The average molecular weight is 324 g/mol. The summed E-state index contributed by atoms with van der Waals surface area (Å²) >= 11 is 0. The lowest BCUT2D eigenvalue weighted by Crippen LogP contribution is -2.45. The van der Waals surface area contributed by atoms with E-state index in [2.05, 4.69) is 4.74 Å². The van der Waals surface area contributed by atoms with Crippen molar-refractivity contribution in [1.82, 2.24) is 9.80 Å². The number of likely N-dealkylation sites (tertiary alicyclic amines) is 1. The second-order valence-electron chi connectivity index (χ2n) is 5.81. The van der Waals surface area contributed by atoms with E-state index in [4.69, 9.17) is 0 Å². The van der Waals surface area contributed by atoms with Gasteiger partial charge in [-0.1, -0.05) is 6.92 Å². The van der Waals surface area contributed by atoms with E-state index in [1.165, 1.54) is 16.9 Å². The van der Waals surface area contributed by atoms with Crippen LogP contribution >= 0.6 is 0 Å². The van der Waals surface area contributed by atoms with Crippen LogP contribution in [-0.4, -0.2) is 68.2 Å². The van der Waals surface area contributed by atoms with Crippen LogP contribution in [0.4, 0.5) is 13.2 Å². The van der Waals surface area contributed by atoms with Crippen molar-refractivity contribution in [3.63, 3.8) is 0 Å². The molecule has 1 atom stereocenters. The number of methoxy groups -OCH3 is 1. The second-order valence-corrected chi connectivity index (χ2v) is 5.81. The van der Waals surface area contributed by atoms with Gasteiger partial charge >= 0.3 is 12.1 Å². The predicted molar refractivity (Wildman–Crippen MR) is 74.0 cm³/mol. The van der Waals surface area contributed by atoms with Crippen molar-refractivity contribution in [3.05, 3.63) is 0 Å². The van der Waals surface area contributed by atoms with Gasteiger partial charge in [-0.15, -0.1) is 0 Å². The van der Waals surface area contributed by atoms with Gasteiger partial charge in [0.15, 0.2) is 0 Å². The first-order valence-corrected chi connectivity index (χ1v) is 7.26. The van der Waals surface area contributed by atoms with Gasteiger partial charge in [-0.3, -0.25) is 14.5 Å². The van der Waals surface area contributed by atoms with Gasteiger partial charge in [0.2, 0.25) is 5.91 Å². The maximum atomic E-state index is 12.3. The van der Waals surface area contributed by atoms with Crippen LogP contribution in [0.1, 0.15) is 19.8 Å². The smallest absolute Gasteiger partial charge is 0.401 e. The number of alkyl halides is 3. The summed E-state index contributed by atoms with van der Waals surface area (Å²) in [4.78, 5) is 26.4. The molecule has 128 valence electrons. The number of carbonyl (C=O) groups excluding carboxylic acids is 2. The summed E-state index contributed by atoms with van der Waals surface area (Å²) in [5.74, 6) is -1.22. The van der Waals surface area contributed by atoms with Crippen molar-refractivity contribution >= 4 is 11.9 Å². The molecule has 1 rings (SSSR count). The number of piperidine rings is 1. The Morgan fingerprint density at radius 3 is 2.32 bits per heavy atom. The van der Waals surface area contributed by atoms with Crippen LogP contribution < -0.4 is 0 Å². The highest BCUT2D eigenvalue weighted by Gasteiger charge is 2.34. The molecule has 0 N–H and O–H groups in total. The van der Waals surface area contributed by atoms with Gasteiger partial charge in [0.1, 0.15) is 0 Å². The third-order valence-electron chi connectivity index (χ3n) is 3.87. The number of carbonyl (C=O) groups is 2. The Morgan fingerprint density at radius 1 is 1.32 bits per heavy atom. The molecule has 0 spiro atoms. The van der Waals surface area contributed by atoms with E-state index >= 15 is 0 Å². The molecule has 0 aromatic carbocycles. The highest BCUT2D eigenvalue weighted by molar-refractivity contribution is 5.80. The lowest BCUT2D eigenvalue weighted by Gasteiger charge is -2.33. The highest BCUT2D eigenvalue weighted by Crippen LogP contribution is 2.23. The summed E-state index contributed by atoms with van der Waals surface area (Å²) in [7, 11) is 2.89. The maximum Gasteiger partial charge on any atom is 0.401 e. The van der Waals surface area contributed by atoms with Crippen molar-refractivity contribution in [2.75, 3.05) is 40.3 Å². The van der Waals surface area contributed by atoms with Gasteiger partial charge in [0.05, 0.1) is 19.6 Å². The lowest BCUT2D eigenvalue weighted by molar-refractivity contribution is -0.151.